The molecule has 0 unspecified atom stereocenters. The quantitative estimate of drug-likeness (QED) is 0.446. The van der Waals surface area contributed by atoms with Gasteiger partial charge in [0.2, 0.25) is 5.16 Å². The average molecular weight is 394 g/mol. The molecule has 0 spiro atoms. The van der Waals surface area contributed by atoms with E-state index in [2.05, 4.69) is 78.1 Å². The molecule has 2 aromatic heterocycles. The third kappa shape index (κ3) is 3.94. The molecule has 5 nitrogen and oxygen atoms in total. The minimum atomic E-state index is 0.730. The number of nitrogens with zero attached hydrogens (tertiary/aromatic N) is 5. The summed E-state index contributed by atoms with van der Waals surface area (Å²) in [6, 6.07) is 14.7. The second-order valence-corrected chi connectivity index (χ2v) is 8.24. The van der Waals surface area contributed by atoms with Gasteiger partial charge in [-0.15, -0.1) is 16.4 Å². The molecule has 7 heteroatoms. The smallest absolute Gasteiger partial charge is 0.214 e. The molecule has 0 atom stereocenters. The predicted molar refractivity (Wildman–Crippen MR) is 110 cm³/mol. The first kappa shape index (κ1) is 17.9. The SMILES string of the molecule is Cc1ccc(-c2nc(CSc3nnnn3-c3ccc(C)c(C)c3)cs2)cc1. The van der Waals surface area contributed by atoms with Crippen molar-refractivity contribution in [3.63, 3.8) is 0 Å². The Kier molecular flexibility index (Phi) is 5.05. The molecule has 0 bridgehead atoms. The van der Waals surface area contributed by atoms with Crippen molar-refractivity contribution in [3.05, 3.63) is 70.2 Å². The molecule has 2 aromatic carbocycles. The number of hydrogen-bond donors (Lipinski definition) is 0. The van der Waals surface area contributed by atoms with Crippen molar-refractivity contribution in [1.82, 2.24) is 25.2 Å². The predicted octanol–water partition coefficient (Wildman–Crippen LogP) is 5.00. The maximum Gasteiger partial charge on any atom is 0.214 e. The van der Waals surface area contributed by atoms with E-state index in [1.54, 1.807) is 27.8 Å². The van der Waals surface area contributed by atoms with Gasteiger partial charge in [-0.1, -0.05) is 47.7 Å². The highest BCUT2D eigenvalue weighted by atomic mass is 32.2. The number of rotatable bonds is 5. The zero-order valence-corrected chi connectivity index (χ0v) is 17.0. The summed E-state index contributed by atoms with van der Waals surface area (Å²) >= 11 is 3.26. The van der Waals surface area contributed by atoms with E-state index in [1.807, 2.05) is 6.07 Å². The zero-order chi connectivity index (χ0) is 18.8. The molecule has 0 aliphatic carbocycles. The summed E-state index contributed by atoms with van der Waals surface area (Å²) in [5, 5.41) is 16.1. The van der Waals surface area contributed by atoms with E-state index < -0.39 is 0 Å². The molecule has 0 saturated heterocycles. The highest BCUT2D eigenvalue weighted by molar-refractivity contribution is 7.98. The molecule has 0 aliphatic rings. The number of benzene rings is 2. The molecule has 0 N–H and O–H groups in total. The van der Waals surface area contributed by atoms with Gasteiger partial charge in [-0.3, -0.25) is 0 Å². The summed E-state index contributed by atoms with van der Waals surface area (Å²) in [4.78, 5) is 4.76. The third-order valence-corrected chi connectivity index (χ3v) is 6.27. The highest BCUT2D eigenvalue weighted by Crippen LogP contribution is 2.28. The van der Waals surface area contributed by atoms with Crippen LogP contribution in [0.5, 0.6) is 0 Å². The molecule has 136 valence electrons. The largest absolute Gasteiger partial charge is 0.240 e. The number of hydrogen-bond acceptors (Lipinski definition) is 6. The van der Waals surface area contributed by atoms with E-state index in [1.165, 1.54) is 16.7 Å². The molecule has 27 heavy (non-hydrogen) atoms. The first-order chi connectivity index (χ1) is 13.1. The molecule has 0 fully saturated rings. The Morgan fingerprint density at radius 3 is 2.59 bits per heavy atom. The van der Waals surface area contributed by atoms with E-state index in [9.17, 15) is 0 Å². The molecule has 2 heterocycles. The van der Waals surface area contributed by atoms with Crippen LogP contribution in [0.3, 0.4) is 0 Å². The van der Waals surface area contributed by atoms with E-state index in [-0.39, 0.29) is 0 Å². The van der Waals surface area contributed by atoms with E-state index in [4.69, 9.17) is 4.98 Å². The molecular weight excluding hydrogens is 374 g/mol. The number of thiazole rings is 1. The van der Waals surface area contributed by atoms with Crippen molar-refractivity contribution in [2.45, 2.75) is 31.7 Å². The Labute approximate surface area is 166 Å². The lowest BCUT2D eigenvalue weighted by Crippen LogP contribution is -2.00. The van der Waals surface area contributed by atoms with Gasteiger partial charge in [0.1, 0.15) is 5.01 Å². The van der Waals surface area contributed by atoms with Gasteiger partial charge in [0.05, 0.1) is 11.4 Å². The van der Waals surface area contributed by atoms with Crippen LogP contribution in [0.15, 0.2) is 53.0 Å². The van der Waals surface area contributed by atoms with Crippen LogP contribution in [0.1, 0.15) is 22.4 Å². The Balaban J connectivity index is 1.49. The second kappa shape index (κ2) is 7.62. The van der Waals surface area contributed by atoms with Crippen LogP contribution in [-0.2, 0) is 5.75 Å². The topological polar surface area (TPSA) is 56.5 Å². The van der Waals surface area contributed by atoms with E-state index in [0.29, 0.717) is 0 Å². The van der Waals surface area contributed by atoms with E-state index >= 15 is 0 Å². The van der Waals surface area contributed by atoms with Crippen LogP contribution >= 0.6 is 23.1 Å². The van der Waals surface area contributed by atoms with Gasteiger partial charge in [0, 0.05) is 16.7 Å². The van der Waals surface area contributed by atoms with Crippen LogP contribution in [-0.4, -0.2) is 25.2 Å². The molecular formula is C20H19N5S2. The molecule has 0 aliphatic heterocycles. The lowest BCUT2D eigenvalue weighted by Gasteiger charge is -2.06. The Bertz CT molecular complexity index is 1070. The van der Waals surface area contributed by atoms with Crippen molar-refractivity contribution < 1.29 is 0 Å². The summed E-state index contributed by atoms with van der Waals surface area (Å²) in [5.74, 6) is 0.730. The third-order valence-electron chi connectivity index (χ3n) is 4.38. The van der Waals surface area contributed by atoms with Gasteiger partial charge in [0.15, 0.2) is 0 Å². The number of thioether (sulfide) groups is 1. The van der Waals surface area contributed by atoms with Crippen molar-refractivity contribution in [2.75, 3.05) is 0 Å². The van der Waals surface area contributed by atoms with Gasteiger partial charge in [-0.2, -0.15) is 4.68 Å². The maximum atomic E-state index is 4.76. The fraction of sp³-hybridized carbons (Fsp3) is 0.200. The van der Waals surface area contributed by atoms with Gasteiger partial charge < -0.3 is 0 Å². The fourth-order valence-corrected chi connectivity index (χ4v) is 4.34. The zero-order valence-electron chi connectivity index (χ0n) is 15.4. The second-order valence-electron chi connectivity index (χ2n) is 6.44. The average Bonchev–Trinajstić information content (AvgIpc) is 3.32. The highest BCUT2D eigenvalue weighted by Gasteiger charge is 2.12. The van der Waals surface area contributed by atoms with Gasteiger partial charge in [-0.05, 0) is 54.5 Å². The lowest BCUT2D eigenvalue weighted by atomic mass is 10.1. The van der Waals surface area contributed by atoms with Crippen LogP contribution in [0.2, 0.25) is 0 Å². The summed E-state index contributed by atoms with van der Waals surface area (Å²) in [7, 11) is 0. The monoisotopic (exact) mass is 393 g/mol. The van der Waals surface area contributed by atoms with Crippen LogP contribution in [0, 0.1) is 20.8 Å². The van der Waals surface area contributed by atoms with Crippen LogP contribution in [0.25, 0.3) is 16.3 Å². The fourth-order valence-electron chi connectivity index (χ4n) is 2.63. The Morgan fingerprint density at radius 2 is 1.81 bits per heavy atom. The van der Waals surface area contributed by atoms with Crippen LogP contribution < -0.4 is 0 Å². The van der Waals surface area contributed by atoms with E-state index in [0.717, 1.165) is 32.9 Å². The first-order valence-electron chi connectivity index (χ1n) is 8.60. The standard InChI is InChI=1S/C20H19N5S2/c1-13-4-7-16(8-5-13)19-21-17(11-26-19)12-27-20-22-23-24-25(20)18-9-6-14(2)15(3)10-18/h4-11H,12H2,1-3H3. The summed E-state index contributed by atoms with van der Waals surface area (Å²) in [6.07, 6.45) is 0. The lowest BCUT2D eigenvalue weighted by molar-refractivity contribution is 0.755. The summed E-state index contributed by atoms with van der Waals surface area (Å²) < 4.78 is 1.78. The summed E-state index contributed by atoms with van der Waals surface area (Å²) in [5.41, 5.74) is 6.90. The minimum absolute atomic E-state index is 0.730. The molecule has 0 saturated carbocycles. The van der Waals surface area contributed by atoms with Crippen molar-refractivity contribution >= 4 is 23.1 Å². The van der Waals surface area contributed by atoms with Crippen molar-refractivity contribution in [3.8, 4) is 16.3 Å². The van der Waals surface area contributed by atoms with Gasteiger partial charge >= 0.3 is 0 Å². The Morgan fingerprint density at radius 1 is 1.00 bits per heavy atom. The maximum absolute atomic E-state index is 4.76. The summed E-state index contributed by atoms with van der Waals surface area (Å²) in [6.45, 7) is 6.29. The first-order valence-corrected chi connectivity index (χ1v) is 10.5. The van der Waals surface area contributed by atoms with Crippen LogP contribution in [0.4, 0.5) is 0 Å². The molecule has 4 rings (SSSR count). The number of aryl methyl sites for hydroxylation is 3. The van der Waals surface area contributed by atoms with Gasteiger partial charge in [-0.25, -0.2) is 4.98 Å². The van der Waals surface area contributed by atoms with Gasteiger partial charge in [0.25, 0.3) is 0 Å². The number of aromatic nitrogens is 5. The minimum Gasteiger partial charge on any atom is -0.240 e. The normalized spacial score (nSPS) is 11.1. The molecule has 0 amide bonds. The number of tetrazole rings is 1. The molecule has 0 radical (unpaired) electrons. The van der Waals surface area contributed by atoms with Crippen molar-refractivity contribution in [2.24, 2.45) is 0 Å². The molecule has 4 aromatic rings. The van der Waals surface area contributed by atoms with Crippen molar-refractivity contribution in [1.29, 1.82) is 0 Å². The Hall–Kier alpha value is -2.51.